The first kappa shape index (κ1) is 18.6. The molecule has 4 rings (SSSR count). The number of nitrogens with zero attached hydrogens (tertiary/aromatic N) is 1. The Morgan fingerprint density at radius 2 is 1.86 bits per heavy atom. The summed E-state index contributed by atoms with van der Waals surface area (Å²) in [6.45, 7) is 0. The Labute approximate surface area is 169 Å². The number of aromatic nitrogens is 1. The summed E-state index contributed by atoms with van der Waals surface area (Å²) < 4.78 is 13.3. The topological polar surface area (TPSA) is 71.1 Å². The summed E-state index contributed by atoms with van der Waals surface area (Å²) in [5.41, 5.74) is 2.38. The van der Waals surface area contributed by atoms with Crippen LogP contribution in [0.2, 0.25) is 5.02 Å². The predicted molar refractivity (Wildman–Crippen MR) is 108 cm³/mol. The molecule has 2 amide bonds. The van der Waals surface area contributed by atoms with Gasteiger partial charge in [0, 0.05) is 28.1 Å². The Balaban J connectivity index is 1.41. The third-order valence-corrected chi connectivity index (χ3v) is 5.35. The minimum absolute atomic E-state index is 0.0185. The molecule has 1 aromatic heterocycles. The van der Waals surface area contributed by atoms with Gasteiger partial charge >= 0.3 is 0 Å². The van der Waals surface area contributed by atoms with Crippen molar-refractivity contribution in [3.63, 3.8) is 0 Å². The van der Waals surface area contributed by atoms with E-state index in [1.165, 1.54) is 23.5 Å². The first-order valence-corrected chi connectivity index (χ1v) is 9.88. The van der Waals surface area contributed by atoms with Crippen molar-refractivity contribution in [1.29, 1.82) is 0 Å². The number of carbonyl (C=O) groups is 2. The highest BCUT2D eigenvalue weighted by atomic mass is 35.5. The number of carbonyl (C=O) groups excluding carboxylic acids is 2. The minimum atomic E-state index is -0.494. The molecule has 0 spiro atoms. The molecular formula is C20H15ClFN3O2S. The molecule has 142 valence electrons. The number of rotatable bonds is 5. The number of hydrogen-bond donors (Lipinski definition) is 2. The lowest BCUT2D eigenvalue weighted by molar-refractivity contribution is -0.117. The summed E-state index contributed by atoms with van der Waals surface area (Å²) in [5, 5.41) is 7.77. The maximum atomic E-state index is 13.3. The minimum Gasteiger partial charge on any atom is -0.326 e. The second-order valence-electron chi connectivity index (χ2n) is 6.46. The molecule has 5 nitrogen and oxygen atoms in total. The molecule has 1 aliphatic rings. The molecular weight excluding hydrogens is 401 g/mol. The molecule has 0 unspecified atom stereocenters. The van der Waals surface area contributed by atoms with Crippen molar-refractivity contribution < 1.29 is 14.0 Å². The second-order valence-corrected chi connectivity index (χ2v) is 7.73. The number of anilines is 2. The summed E-state index contributed by atoms with van der Waals surface area (Å²) in [4.78, 5) is 28.5. The Hall–Kier alpha value is -2.77. The van der Waals surface area contributed by atoms with Crippen LogP contribution in [-0.2, 0) is 4.79 Å². The third kappa shape index (κ3) is 4.21. The first-order chi connectivity index (χ1) is 13.5. The quantitative estimate of drug-likeness (QED) is 0.601. The van der Waals surface area contributed by atoms with Crippen LogP contribution in [0.15, 0.2) is 47.8 Å². The van der Waals surface area contributed by atoms with Crippen molar-refractivity contribution in [3.8, 4) is 11.3 Å². The monoisotopic (exact) mass is 415 g/mol. The van der Waals surface area contributed by atoms with Crippen molar-refractivity contribution in [2.45, 2.75) is 12.8 Å². The molecule has 0 saturated heterocycles. The molecule has 28 heavy (non-hydrogen) atoms. The number of hydrogen-bond acceptors (Lipinski definition) is 4. The van der Waals surface area contributed by atoms with Crippen LogP contribution in [0.3, 0.4) is 0 Å². The zero-order valence-electron chi connectivity index (χ0n) is 14.5. The molecule has 0 bridgehead atoms. The van der Waals surface area contributed by atoms with Crippen LogP contribution < -0.4 is 10.6 Å². The SMILES string of the molecule is O=C(Nc1nc(-c2ccc(F)c(Cl)c2)cs1)c1ccc(NC(=O)C2CC2)cc1. The van der Waals surface area contributed by atoms with Gasteiger partial charge in [-0.2, -0.15) is 0 Å². The normalized spacial score (nSPS) is 13.2. The molecule has 0 aliphatic heterocycles. The van der Waals surface area contributed by atoms with Crippen LogP contribution in [-0.4, -0.2) is 16.8 Å². The highest BCUT2D eigenvalue weighted by Gasteiger charge is 2.29. The van der Waals surface area contributed by atoms with Gasteiger partial charge in [0.25, 0.3) is 5.91 Å². The lowest BCUT2D eigenvalue weighted by Crippen LogP contribution is -2.14. The number of nitrogens with one attached hydrogen (secondary N) is 2. The van der Waals surface area contributed by atoms with E-state index in [0.717, 1.165) is 12.8 Å². The molecule has 1 fully saturated rings. The van der Waals surface area contributed by atoms with Crippen LogP contribution in [0.25, 0.3) is 11.3 Å². The Morgan fingerprint density at radius 1 is 1.11 bits per heavy atom. The van der Waals surface area contributed by atoms with Crippen molar-refractivity contribution in [2.24, 2.45) is 5.92 Å². The fourth-order valence-electron chi connectivity index (χ4n) is 2.58. The molecule has 2 N–H and O–H groups in total. The van der Waals surface area contributed by atoms with Crippen molar-refractivity contribution >= 4 is 45.6 Å². The summed E-state index contributed by atoms with van der Waals surface area (Å²) in [5.74, 6) is -0.657. The van der Waals surface area contributed by atoms with E-state index >= 15 is 0 Å². The zero-order valence-corrected chi connectivity index (χ0v) is 16.1. The van der Waals surface area contributed by atoms with E-state index in [2.05, 4.69) is 15.6 Å². The number of thiazole rings is 1. The van der Waals surface area contributed by atoms with Crippen molar-refractivity contribution in [2.75, 3.05) is 10.6 Å². The smallest absolute Gasteiger partial charge is 0.257 e. The molecule has 0 atom stereocenters. The van der Waals surface area contributed by atoms with Crippen molar-refractivity contribution in [1.82, 2.24) is 4.98 Å². The zero-order chi connectivity index (χ0) is 19.7. The summed E-state index contributed by atoms with van der Waals surface area (Å²) in [6.07, 6.45) is 1.87. The predicted octanol–water partition coefficient (Wildman–Crippen LogP) is 5.20. The van der Waals surface area contributed by atoms with E-state index in [1.54, 1.807) is 35.7 Å². The summed E-state index contributed by atoms with van der Waals surface area (Å²) in [6, 6.07) is 11.0. The molecule has 1 heterocycles. The van der Waals surface area contributed by atoms with Crippen LogP contribution >= 0.6 is 22.9 Å². The Morgan fingerprint density at radius 3 is 2.54 bits per heavy atom. The molecule has 1 aliphatic carbocycles. The average molecular weight is 416 g/mol. The Kier molecular flexibility index (Phi) is 5.11. The highest BCUT2D eigenvalue weighted by Crippen LogP contribution is 2.30. The maximum Gasteiger partial charge on any atom is 0.257 e. The fourth-order valence-corrected chi connectivity index (χ4v) is 3.48. The molecule has 8 heteroatoms. The lowest BCUT2D eigenvalue weighted by atomic mass is 10.2. The van der Waals surface area contributed by atoms with E-state index in [4.69, 9.17) is 11.6 Å². The van der Waals surface area contributed by atoms with Gasteiger partial charge in [-0.1, -0.05) is 11.6 Å². The molecule has 2 aromatic carbocycles. The second kappa shape index (κ2) is 7.69. The van der Waals surface area contributed by atoms with E-state index in [9.17, 15) is 14.0 Å². The van der Waals surface area contributed by atoms with Gasteiger partial charge in [0.2, 0.25) is 5.91 Å². The largest absolute Gasteiger partial charge is 0.326 e. The van der Waals surface area contributed by atoms with E-state index in [0.29, 0.717) is 27.6 Å². The van der Waals surface area contributed by atoms with Gasteiger partial charge in [-0.15, -0.1) is 11.3 Å². The van der Waals surface area contributed by atoms with E-state index in [-0.39, 0.29) is 22.8 Å². The highest BCUT2D eigenvalue weighted by molar-refractivity contribution is 7.14. The van der Waals surface area contributed by atoms with Crippen LogP contribution in [0.1, 0.15) is 23.2 Å². The summed E-state index contributed by atoms with van der Waals surface area (Å²) in [7, 11) is 0. The fraction of sp³-hybridized carbons (Fsp3) is 0.150. The third-order valence-electron chi connectivity index (χ3n) is 4.30. The van der Waals surface area contributed by atoms with Gasteiger partial charge < -0.3 is 5.32 Å². The van der Waals surface area contributed by atoms with Gasteiger partial charge in [0.05, 0.1) is 10.7 Å². The van der Waals surface area contributed by atoms with Gasteiger partial charge in [0.1, 0.15) is 5.82 Å². The lowest BCUT2D eigenvalue weighted by Gasteiger charge is -2.06. The van der Waals surface area contributed by atoms with E-state index < -0.39 is 5.82 Å². The van der Waals surface area contributed by atoms with E-state index in [1.807, 2.05) is 0 Å². The van der Waals surface area contributed by atoms with Gasteiger partial charge in [0.15, 0.2) is 5.13 Å². The first-order valence-electron chi connectivity index (χ1n) is 8.63. The number of halogens is 2. The molecule has 1 saturated carbocycles. The van der Waals surface area contributed by atoms with Crippen LogP contribution in [0, 0.1) is 11.7 Å². The van der Waals surface area contributed by atoms with Gasteiger partial charge in [-0.3, -0.25) is 14.9 Å². The number of benzene rings is 2. The summed E-state index contributed by atoms with van der Waals surface area (Å²) >= 11 is 7.07. The standard InChI is InChI=1S/C20H15ClFN3O2S/c21-15-9-13(5-8-16(15)22)17-10-28-20(24-17)25-19(27)12-3-6-14(7-4-12)23-18(26)11-1-2-11/h3-11H,1-2H2,(H,23,26)(H,24,25,27). The van der Waals surface area contributed by atoms with Gasteiger partial charge in [-0.05, 0) is 55.3 Å². The number of amides is 2. The van der Waals surface area contributed by atoms with Crippen LogP contribution in [0.5, 0.6) is 0 Å². The molecule has 0 radical (unpaired) electrons. The van der Waals surface area contributed by atoms with Crippen molar-refractivity contribution in [3.05, 3.63) is 64.2 Å². The maximum absolute atomic E-state index is 13.3. The van der Waals surface area contributed by atoms with Gasteiger partial charge in [-0.25, -0.2) is 9.37 Å². The Bertz CT molecular complexity index is 1050. The average Bonchev–Trinajstić information content (AvgIpc) is 3.44. The van der Waals surface area contributed by atoms with Crippen LogP contribution in [0.4, 0.5) is 15.2 Å². The molecule has 3 aromatic rings.